The smallest absolute Gasteiger partial charge is 0.160 e. The molecule has 1 unspecified atom stereocenters. The van der Waals surface area contributed by atoms with E-state index in [2.05, 4.69) is 41.4 Å². The molecule has 3 aromatic rings. The second kappa shape index (κ2) is 5.59. The van der Waals surface area contributed by atoms with Crippen molar-refractivity contribution in [3.63, 3.8) is 0 Å². The third-order valence-electron chi connectivity index (χ3n) is 3.61. The van der Waals surface area contributed by atoms with Crippen LogP contribution in [0.5, 0.6) is 0 Å². The predicted molar refractivity (Wildman–Crippen MR) is 89.7 cm³/mol. The van der Waals surface area contributed by atoms with Crippen LogP contribution >= 0.6 is 34.5 Å². The van der Waals surface area contributed by atoms with Gasteiger partial charge in [0.2, 0.25) is 0 Å². The summed E-state index contributed by atoms with van der Waals surface area (Å²) < 4.78 is 2.10. The van der Waals surface area contributed by atoms with Crippen molar-refractivity contribution >= 4 is 45.7 Å². The van der Waals surface area contributed by atoms with E-state index < -0.39 is 0 Å². The van der Waals surface area contributed by atoms with Crippen LogP contribution in [0.4, 0.5) is 0 Å². The van der Waals surface area contributed by atoms with Gasteiger partial charge in [-0.25, -0.2) is 9.97 Å². The van der Waals surface area contributed by atoms with Crippen molar-refractivity contribution in [2.75, 3.05) is 0 Å². The van der Waals surface area contributed by atoms with E-state index >= 15 is 0 Å². The SMILES string of the molecule is Cc1cc(C(C)n2c(CCl)nc3cc(Cl)cnc32)c(C)s1. The first-order chi connectivity index (χ1) is 10.0. The van der Waals surface area contributed by atoms with E-state index in [9.17, 15) is 0 Å². The molecular weight excluding hydrogens is 325 g/mol. The number of hydrogen-bond donors (Lipinski definition) is 0. The highest BCUT2D eigenvalue weighted by molar-refractivity contribution is 7.12. The number of halogens is 2. The highest BCUT2D eigenvalue weighted by Crippen LogP contribution is 2.32. The van der Waals surface area contributed by atoms with Gasteiger partial charge >= 0.3 is 0 Å². The standard InChI is InChI=1S/C15H15Cl2N3S/c1-8-4-12(10(3)21-8)9(2)20-14(6-16)19-13-5-11(17)7-18-15(13)20/h4-5,7,9H,6H2,1-3H3. The minimum absolute atomic E-state index is 0.141. The van der Waals surface area contributed by atoms with Gasteiger partial charge in [0, 0.05) is 16.0 Å². The quantitative estimate of drug-likeness (QED) is 0.620. The van der Waals surface area contributed by atoms with Gasteiger partial charge in [0.15, 0.2) is 5.65 Å². The van der Waals surface area contributed by atoms with Gasteiger partial charge in [0.1, 0.15) is 11.3 Å². The zero-order chi connectivity index (χ0) is 15.1. The van der Waals surface area contributed by atoms with Crippen LogP contribution in [0.2, 0.25) is 5.02 Å². The number of aromatic nitrogens is 3. The van der Waals surface area contributed by atoms with Crippen molar-refractivity contribution in [2.24, 2.45) is 0 Å². The summed E-state index contributed by atoms with van der Waals surface area (Å²) in [4.78, 5) is 11.6. The minimum Gasteiger partial charge on any atom is -0.304 e. The highest BCUT2D eigenvalue weighted by Gasteiger charge is 2.20. The Hall–Kier alpha value is -1.10. The Morgan fingerprint density at radius 3 is 2.71 bits per heavy atom. The molecule has 3 aromatic heterocycles. The van der Waals surface area contributed by atoms with Crippen molar-refractivity contribution in [3.05, 3.63) is 44.5 Å². The number of pyridine rings is 1. The van der Waals surface area contributed by atoms with Gasteiger partial charge in [0.05, 0.1) is 16.9 Å². The Morgan fingerprint density at radius 2 is 2.10 bits per heavy atom. The maximum absolute atomic E-state index is 6.08. The van der Waals surface area contributed by atoms with Gasteiger partial charge in [-0.2, -0.15) is 0 Å². The number of rotatable bonds is 3. The van der Waals surface area contributed by atoms with Crippen LogP contribution in [-0.2, 0) is 5.88 Å². The molecule has 0 N–H and O–H groups in total. The summed E-state index contributed by atoms with van der Waals surface area (Å²) in [5.41, 5.74) is 2.90. The van der Waals surface area contributed by atoms with Crippen LogP contribution < -0.4 is 0 Å². The molecule has 0 radical (unpaired) electrons. The lowest BCUT2D eigenvalue weighted by Crippen LogP contribution is -2.10. The first kappa shape index (κ1) is 14.8. The van der Waals surface area contributed by atoms with E-state index in [1.165, 1.54) is 15.3 Å². The molecule has 0 saturated heterocycles. The second-order valence-electron chi connectivity index (χ2n) is 5.07. The Morgan fingerprint density at radius 1 is 1.33 bits per heavy atom. The third kappa shape index (κ3) is 2.56. The van der Waals surface area contributed by atoms with E-state index in [1.807, 2.05) is 17.4 Å². The molecule has 3 rings (SSSR count). The van der Waals surface area contributed by atoms with E-state index in [0.29, 0.717) is 10.9 Å². The second-order valence-corrected chi connectivity index (χ2v) is 7.24. The first-order valence-corrected chi connectivity index (χ1v) is 8.39. The molecule has 6 heteroatoms. The van der Waals surface area contributed by atoms with Crippen molar-refractivity contribution in [1.29, 1.82) is 0 Å². The topological polar surface area (TPSA) is 30.7 Å². The summed E-state index contributed by atoms with van der Waals surface area (Å²) in [7, 11) is 0. The average molecular weight is 340 g/mol. The number of aryl methyl sites for hydroxylation is 2. The Balaban J connectivity index is 2.20. The molecule has 3 nitrogen and oxygen atoms in total. The molecule has 0 fully saturated rings. The number of thiophene rings is 1. The fraction of sp³-hybridized carbons (Fsp3) is 0.333. The van der Waals surface area contributed by atoms with E-state index in [1.54, 1.807) is 6.20 Å². The number of imidazole rings is 1. The molecular formula is C15H15Cl2N3S. The summed E-state index contributed by atoms with van der Waals surface area (Å²) in [6.07, 6.45) is 1.65. The van der Waals surface area contributed by atoms with Gasteiger partial charge in [-0.15, -0.1) is 22.9 Å². The van der Waals surface area contributed by atoms with E-state index in [4.69, 9.17) is 23.2 Å². The number of alkyl halides is 1. The molecule has 0 saturated carbocycles. The maximum Gasteiger partial charge on any atom is 0.160 e. The highest BCUT2D eigenvalue weighted by atomic mass is 35.5. The summed E-state index contributed by atoms with van der Waals surface area (Å²) in [6.45, 7) is 6.43. The van der Waals surface area contributed by atoms with Gasteiger partial charge < -0.3 is 4.57 Å². The van der Waals surface area contributed by atoms with Gasteiger partial charge in [0.25, 0.3) is 0 Å². The molecule has 21 heavy (non-hydrogen) atoms. The lowest BCUT2D eigenvalue weighted by molar-refractivity contribution is 0.628. The lowest BCUT2D eigenvalue weighted by Gasteiger charge is -2.16. The van der Waals surface area contributed by atoms with Crippen LogP contribution in [0.1, 0.15) is 34.1 Å². The van der Waals surface area contributed by atoms with Gasteiger partial charge in [-0.3, -0.25) is 0 Å². The fourth-order valence-electron chi connectivity index (χ4n) is 2.71. The Kier molecular flexibility index (Phi) is 3.95. The molecule has 0 spiro atoms. The minimum atomic E-state index is 0.141. The van der Waals surface area contributed by atoms with Crippen LogP contribution in [0.15, 0.2) is 18.3 Å². The van der Waals surface area contributed by atoms with Crippen LogP contribution in [-0.4, -0.2) is 14.5 Å². The molecule has 0 aliphatic carbocycles. The maximum atomic E-state index is 6.08. The number of nitrogens with zero attached hydrogens (tertiary/aromatic N) is 3. The molecule has 110 valence electrons. The fourth-order valence-corrected chi connectivity index (χ4v) is 4.07. The molecule has 0 aliphatic heterocycles. The van der Waals surface area contributed by atoms with Crippen LogP contribution in [0, 0.1) is 13.8 Å². The van der Waals surface area contributed by atoms with Gasteiger partial charge in [-0.1, -0.05) is 11.6 Å². The molecule has 3 heterocycles. The largest absolute Gasteiger partial charge is 0.304 e. The van der Waals surface area contributed by atoms with Crippen molar-refractivity contribution in [1.82, 2.24) is 14.5 Å². The molecule has 0 aliphatic rings. The lowest BCUT2D eigenvalue weighted by atomic mass is 10.1. The van der Waals surface area contributed by atoms with Gasteiger partial charge in [-0.05, 0) is 38.5 Å². The number of fused-ring (bicyclic) bond motifs is 1. The zero-order valence-electron chi connectivity index (χ0n) is 12.0. The van der Waals surface area contributed by atoms with E-state index in [0.717, 1.165) is 17.0 Å². The molecule has 0 aromatic carbocycles. The Bertz CT molecular complexity index is 807. The molecule has 0 bridgehead atoms. The normalized spacial score (nSPS) is 13.0. The summed E-state index contributed by atoms with van der Waals surface area (Å²) in [5, 5.41) is 0.587. The summed E-state index contributed by atoms with van der Waals surface area (Å²) in [5.74, 6) is 1.16. The zero-order valence-corrected chi connectivity index (χ0v) is 14.4. The van der Waals surface area contributed by atoms with Crippen LogP contribution in [0.3, 0.4) is 0 Å². The predicted octanol–water partition coefficient (Wildman–Crippen LogP) is 5.11. The molecule has 0 amide bonds. The summed E-state index contributed by atoms with van der Waals surface area (Å²) in [6, 6.07) is 4.20. The van der Waals surface area contributed by atoms with Crippen molar-refractivity contribution < 1.29 is 0 Å². The number of hydrogen-bond acceptors (Lipinski definition) is 3. The average Bonchev–Trinajstić information content (AvgIpc) is 2.97. The third-order valence-corrected chi connectivity index (χ3v) is 5.03. The van der Waals surface area contributed by atoms with Crippen molar-refractivity contribution in [3.8, 4) is 0 Å². The summed E-state index contributed by atoms with van der Waals surface area (Å²) >= 11 is 13.9. The molecule has 1 atom stereocenters. The first-order valence-electron chi connectivity index (χ1n) is 6.66. The van der Waals surface area contributed by atoms with Crippen LogP contribution in [0.25, 0.3) is 11.2 Å². The Labute approximate surface area is 137 Å². The van der Waals surface area contributed by atoms with Crippen molar-refractivity contribution in [2.45, 2.75) is 32.7 Å². The monoisotopic (exact) mass is 339 g/mol. The van der Waals surface area contributed by atoms with E-state index in [-0.39, 0.29) is 6.04 Å².